The number of benzene rings is 1. The summed E-state index contributed by atoms with van der Waals surface area (Å²) in [6.45, 7) is 2.77. The van der Waals surface area contributed by atoms with Gasteiger partial charge < -0.3 is 15.0 Å². The van der Waals surface area contributed by atoms with Crippen LogP contribution in [0.15, 0.2) is 55.1 Å². The average molecular weight is 460 g/mol. The first-order valence-corrected chi connectivity index (χ1v) is 11.8. The molecule has 9 heteroatoms. The van der Waals surface area contributed by atoms with Crippen molar-refractivity contribution in [1.82, 2.24) is 30.2 Å². The molecule has 1 N–H and O–H groups in total. The van der Waals surface area contributed by atoms with Gasteiger partial charge in [-0.15, -0.1) is 0 Å². The fourth-order valence-corrected chi connectivity index (χ4v) is 4.44. The SMILES string of the molecule is CNC(=O)Oc1ccc(-c2cnc(CN(C3CC3)C3CCN(c4ncccn4)CC3)cn2)cc1. The Bertz CT molecular complexity index is 1080. The van der Waals surface area contributed by atoms with Crippen LogP contribution in [0.4, 0.5) is 10.7 Å². The van der Waals surface area contributed by atoms with Crippen LogP contribution in [0, 0.1) is 0 Å². The molecule has 176 valence electrons. The molecule has 34 heavy (non-hydrogen) atoms. The molecule has 0 atom stereocenters. The van der Waals surface area contributed by atoms with Crippen LogP contribution in [0.1, 0.15) is 31.4 Å². The third-order valence-corrected chi connectivity index (χ3v) is 6.40. The Kier molecular flexibility index (Phi) is 6.62. The van der Waals surface area contributed by atoms with Gasteiger partial charge in [0.05, 0.1) is 23.8 Å². The summed E-state index contributed by atoms with van der Waals surface area (Å²) in [7, 11) is 1.53. The van der Waals surface area contributed by atoms with E-state index in [-0.39, 0.29) is 0 Å². The van der Waals surface area contributed by atoms with Crippen LogP contribution < -0.4 is 15.0 Å². The van der Waals surface area contributed by atoms with E-state index in [1.165, 1.54) is 19.9 Å². The lowest BCUT2D eigenvalue weighted by Gasteiger charge is -2.38. The Morgan fingerprint density at radius 2 is 1.71 bits per heavy atom. The Balaban J connectivity index is 1.20. The van der Waals surface area contributed by atoms with Crippen molar-refractivity contribution in [2.45, 2.75) is 44.3 Å². The molecule has 1 aliphatic carbocycles. The van der Waals surface area contributed by atoms with Crippen molar-refractivity contribution in [3.8, 4) is 17.0 Å². The summed E-state index contributed by atoms with van der Waals surface area (Å²) in [4.78, 5) is 34.4. The van der Waals surface area contributed by atoms with E-state index in [4.69, 9.17) is 9.72 Å². The van der Waals surface area contributed by atoms with Crippen molar-refractivity contribution in [2.24, 2.45) is 0 Å². The van der Waals surface area contributed by atoms with Crippen molar-refractivity contribution < 1.29 is 9.53 Å². The number of amides is 1. The summed E-state index contributed by atoms with van der Waals surface area (Å²) in [5.74, 6) is 1.31. The molecule has 1 saturated carbocycles. The minimum atomic E-state index is -0.490. The van der Waals surface area contributed by atoms with Gasteiger partial charge in [-0.05, 0) is 56.0 Å². The standard InChI is InChI=1S/C25H29N7O2/c1-26-25(33)34-22-7-3-18(4-8-22)23-16-29-19(15-30-23)17-32(20-5-6-20)21-9-13-31(14-10-21)24-27-11-2-12-28-24/h2-4,7-8,11-12,15-16,20-21H,5-6,9-10,13-14,17H2,1H3,(H,26,33). The molecule has 0 unspecified atom stereocenters. The molecule has 1 aromatic carbocycles. The second kappa shape index (κ2) is 10.1. The van der Waals surface area contributed by atoms with Crippen LogP contribution in [-0.4, -0.2) is 63.1 Å². The van der Waals surface area contributed by atoms with Crippen molar-refractivity contribution in [1.29, 1.82) is 0 Å². The molecule has 5 rings (SSSR count). The fraction of sp³-hybridized carbons (Fsp3) is 0.400. The highest BCUT2D eigenvalue weighted by Gasteiger charge is 2.36. The van der Waals surface area contributed by atoms with Crippen molar-refractivity contribution >= 4 is 12.0 Å². The molecule has 1 saturated heterocycles. The second-order valence-corrected chi connectivity index (χ2v) is 8.73. The zero-order valence-electron chi connectivity index (χ0n) is 19.3. The van der Waals surface area contributed by atoms with Gasteiger partial charge in [0.25, 0.3) is 0 Å². The highest BCUT2D eigenvalue weighted by molar-refractivity contribution is 5.70. The molecule has 2 aromatic heterocycles. The quantitative estimate of drug-likeness (QED) is 0.575. The van der Waals surface area contributed by atoms with Gasteiger partial charge in [0, 0.05) is 56.7 Å². The molecule has 2 aliphatic rings. The fourth-order valence-electron chi connectivity index (χ4n) is 4.44. The first-order valence-electron chi connectivity index (χ1n) is 11.8. The summed E-state index contributed by atoms with van der Waals surface area (Å²) in [6.07, 6.45) is 11.6. The summed E-state index contributed by atoms with van der Waals surface area (Å²) in [6, 6.07) is 10.3. The van der Waals surface area contributed by atoms with E-state index >= 15 is 0 Å². The van der Waals surface area contributed by atoms with Gasteiger partial charge in [0.2, 0.25) is 5.95 Å². The summed E-state index contributed by atoms with van der Waals surface area (Å²) < 4.78 is 5.13. The zero-order valence-corrected chi connectivity index (χ0v) is 19.3. The third kappa shape index (κ3) is 5.31. The summed E-state index contributed by atoms with van der Waals surface area (Å²) >= 11 is 0. The summed E-state index contributed by atoms with van der Waals surface area (Å²) in [5.41, 5.74) is 2.71. The van der Waals surface area contributed by atoms with E-state index in [1.807, 2.05) is 30.6 Å². The van der Waals surface area contributed by atoms with Gasteiger partial charge in [-0.25, -0.2) is 14.8 Å². The Hall–Kier alpha value is -3.59. The number of piperidine rings is 1. The van der Waals surface area contributed by atoms with Crippen molar-refractivity contribution in [3.63, 3.8) is 0 Å². The second-order valence-electron chi connectivity index (χ2n) is 8.73. The van der Waals surface area contributed by atoms with E-state index < -0.39 is 6.09 Å². The van der Waals surface area contributed by atoms with Crippen LogP contribution in [0.25, 0.3) is 11.3 Å². The van der Waals surface area contributed by atoms with Crippen molar-refractivity contribution in [3.05, 3.63) is 60.8 Å². The number of aromatic nitrogens is 4. The van der Waals surface area contributed by atoms with E-state index in [2.05, 4.69) is 30.1 Å². The molecule has 0 bridgehead atoms. The highest BCUT2D eigenvalue weighted by atomic mass is 16.5. The van der Waals surface area contributed by atoms with Gasteiger partial charge in [0.1, 0.15) is 5.75 Å². The van der Waals surface area contributed by atoms with Crippen LogP contribution in [-0.2, 0) is 6.54 Å². The molecule has 3 heterocycles. The van der Waals surface area contributed by atoms with Crippen molar-refractivity contribution in [2.75, 3.05) is 25.0 Å². The Morgan fingerprint density at radius 3 is 2.32 bits per heavy atom. The van der Waals surface area contributed by atoms with Crippen LogP contribution in [0.3, 0.4) is 0 Å². The highest BCUT2D eigenvalue weighted by Crippen LogP contribution is 2.33. The first-order chi connectivity index (χ1) is 16.7. The molecule has 3 aromatic rings. The number of hydrogen-bond acceptors (Lipinski definition) is 8. The maximum Gasteiger partial charge on any atom is 0.412 e. The van der Waals surface area contributed by atoms with Crippen LogP contribution in [0.5, 0.6) is 5.75 Å². The lowest BCUT2D eigenvalue weighted by atomic mass is 10.0. The topological polar surface area (TPSA) is 96.4 Å². The first kappa shape index (κ1) is 22.2. The lowest BCUT2D eigenvalue weighted by molar-refractivity contribution is 0.149. The van der Waals surface area contributed by atoms with E-state index in [0.717, 1.165) is 55.4 Å². The van der Waals surface area contributed by atoms with E-state index in [1.54, 1.807) is 24.5 Å². The minimum absolute atomic E-state index is 0.484. The summed E-state index contributed by atoms with van der Waals surface area (Å²) in [5, 5.41) is 2.43. The molecular formula is C25H29N7O2. The number of carbonyl (C=O) groups excluding carboxylic acids is 1. The number of anilines is 1. The normalized spacial score (nSPS) is 16.5. The van der Waals surface area contributed by atoms with Crippen LogP contribution >= 0.6 is 0 Å². The number of rotatable bonds is 7. The molecule has 9 nitrogen and oxygen atoms in total. The molecule has 0 spiro atoms. The van der Waals surface area contributed by atoms with Gasteiger partial charge in [-0.3, -0.25) is 14.9 Å². The zero-order chi connectivity index (χ0) is 23.3. The average Bonchev–Trinajstić information content (AvgIpc) is 3.74. The molecule has 1 amide bonds. The number of nitrogens with one attached hydrogen (secondary N) is 1. The predicted molar refractivity (Wildman–Crippen MR) is 128 cm³/mol. The van der Waals surface area contributed by atoms with Crippen LogP contribution in [0.2, 0.25) is 0 Å². The van der Waals surface area contributed by atoms with Gasteiger partial charge in [-0.1, -0.05) is 0 Å². The number of hydrogen-bond donors (Lipinski definition) is 1. The smallest absolute Gasteiger partial charge is 0.410 e. The number of carbonyl (C=O) groups is 1. The molecule has 1 aliphatic heterocycles. The van der Waals surface area contributed by atoms with Gasteiger partial charge >= 0.3 is 6.09 Å². The Morgan fingerprint density at radius 1 is 1.00 bits per heavy atom. The maximum absolute atomic E-state index is 11.3. The maximum atomic E-state index is 11.3. The minimum Gasteiger partial charge on any atom is -0.410 e. The number of ether oxygens (including phenoxy) is 1. The number of nitrogens with zero attached hydrogens (tertiary/aromatic N) is 6. The van der Waals surface area contributed by atoms with E-state index in [0.29, 0.717) is 17.8 Å². The van der Waals surface area contributed by atoms with E-state index in [9.17, 15) is 4.79 Å². The monoisotopic (exact) mass is 459 g/mol. The third-order valence-electron chi connectivity index (χ3n) is 6.40. The molecule has 2 fully saturated rings. The van der Waals surface area contributed by atoms with Gasteiger partial charge in [0.15, 0.2) is 0 Å². The largest absolute Gasteiger partial charge is 0.412 e. The predicted octanol–water partition coefficient (Wildman–Crippen LogP) is 3.29. The molecule has 0 radical (unpaired) electrons. The Labute approximate surface area is 199 Å². The lowest BCUT2D eigenvalue weighted by Crippen LogP contribution is -2.46. The van der Waals surface area contributed by atoms with Gasteiger partial charge in [-0.2, -0.15) is 0 Å². The molecular weight excluding hydrogens is 430 g/mol.